The van der Waals surface area contributed by atoms with Crippen LogP contribution in [0.2, 0.25) is 5.02 Å². The molecule has 0 aliphatic carbocycles. The summed E-state index contributed by atoms with van der Waals surface area (Å²) in [6, 6.07) is 5.35. The van der Waals surface area contributed by atoms with Crippen LogP contribution in [0.5, 0.6) is 0 Å². The topological polar surface area (TPSA) is 38.3 Å². The minimum atomic E-state index is -0.0614. The normalized spacial score (nSPS) is 22.5. The lowest BCUT2D eigenvalue weighted by atomic mass is 9.99. The van der Waals surface area contributed by atoms with Gasteiger partial charge in [0.25, 0.3) is 5.91 Å². The minimum Gasteiger partial charge on any atom is -0.378 e. The highest BCUT2D eigenvalue weighted by Gasteiger charge is 2.27. The van der Waals surface area contributed by atoms with Gasteiger partial charge >= 0.3 is 0 Å². The van der Waals surface area contributed by atoms with E-state index in [4.69, 9.17) is 16.3 Å². The quantitative estimate of drug-likeness (QED) is 0.795. The molecule has 5 heteroatoms. The highest BCUT2D eigenvalue weighted by atomic mass is 127. The van der Waals surface area contributed by atoms with Crippen molar-refractivity contribution in [3.8, 4) is 0 Å². The fourth-order valence-corrected chi connectivity index (χ4v) is 3.12. The third-order valence-corrected chi connectivity index (χ3v) is 4.62. The van der Waals surface area contributed by atoms with Crippen LogP contribution in [0.1, 0.15) is 30.1 Å². The van der Waals surface area contributed by atoms with Gasteiger partial charge in [-0.3, -0.25) is 4.79 Å². The van der Waals surface area contributed by atoms with Gasteiger partial charge in [0, 0.05) is 27.7 Å². The van der Waals surface area contributed by atoms with E-state index >= 15 is 0 Å². The molecule has 0 aromatic heterocycles. The van der Waals surface area contributed by atoms with Gasteiger partial charge in [-0.05, 0) is 53.6 Å². The van der Waals surface area contributed by atoms with E-state index in [2.05, 4.69) is 34.8 Å². The Morgan fingerprint density at radius 2 is 2.37 bits per heavy atom. The Morgan fingerprint density at radius 3 is 3.11 bits per heavy atom. The highest BCUT2D eigenvalue weighted by Crippen LogP contribution is 2.23. The van der Waals surface area contributed by atoms with Crippen molar-refractivity contribution in [2.24, 2.45) is 5.92 Å². The van der Waals surface area contributed by atoms with Gasteiger partial charge in [-0.15, -0.1) is 0 Å². The lowest BCUT2D eigenvalue weighted by Gasteiger charge is -2.17. The number of ether oxygens (including phenoxy) is 1. The molecule has 2 rings (SSSR count). The Balaban J connectivity index is 1.96. The summed E-state index contributed by atoms with van der Waals surface area (Å²) in [5.41, 5.74) is 0.639. The summed E-state index contributed by atoms with van der Waals surface area (Å²) >= 11 is 8.08. The number of hydrogen-bond donors (Lipinski definition) is 1. The standard InChI is InChI=1S/C14H17ClINO2/c1-2-13-9(5-6-19-13)8-17-14(18)11-7-10(15)3-4-12(11)16/h3-4,7,9,13H,2,5-6,8H2,1H3,(H,17,18). The molecule has 1 amide bonds. The predicted molar refractivity (Wildman–Crippen MR) is 84.6 cm³/mol. The average molecular weight is 394 g/mol. The minimum absolute atomic E-state index is 0.0614. The van der Waals surface area contributed by atoms with Crippen LogP contribution in [0.25, 0.3) is 0 Å². The number of amides is 1. The fraction of sp³-hybridized carbons (Fsp3) is 0.500. The number of carbonyl (C=O) groups is 1. The Hall–Kier alpha value is -0.330. The van der Waals surface area contributed by atoms with Crippen molar-refractivity contribution in [3.05, 3.63) is 32.4 Å². The Morgan fingerprint density at radius 1 is 1.58 bits per heavy atom. The van der Waals surface area contributed by atoms with Gasteiger partial charge < -0.3 is 10.1 Å². The number of nitrogens with one attached hydrogen (secondary N) is 1. The highest BCUT2D eigenvalue weighted by molar-refractivity contribution is 14.1. The van der Waals surface area contributed by atoms with Crippen LogP contribution in [0.4, 0.5) is 0 Å². The molecule has 1 N–H and O–H groups in total. The van der Waals surface area contributed by atoms with E-state index in [1.807, 2.05) is 6.07 Å². The average Bonchev–Trinajstić information content (AvgIpc) is 2.86. The first kappa shape index (κ1) is 15.1. The molecule has 1 aromatic carbocycles. The zero-order valence-electron chi connectivity index (χ0n) is 10.8. The molecule has 1 heterocycles. The Bertz CT molecular complexity index is 467. The van der Waals surface area contributed by atoms with Crippen LogP contribution in [0.15, 0.2) is 18.2 Å². The van der Waals surface area contributed by atoms with E-state index < -0.39 is 0 Å². The van der Waals surface area contributed by atoms with E-state index in [-0.39, 0.29) is 12.0 Å². The predicted octanol–water partition coefficient (Wildman–Crippen LogP) is 3.49. The van der Waals surface area contributed by atoms with Gasteiger partial charge in [0.05, 0.1) is 11.7 Å². The molecule has 1 saturated heterocycles. The molecule has 3 nitrogen and oxygen atoms in total. The maximum atomic E-state index is 12.2. The van der Waals surface area contributed by atoms with Crippen molar-refractivity contribution in [3.63, 3.8) is 0 Å². The summed E-state index contributed by atoms with van der Waals surface area (Å²) < 4.78 is 6.53. The first-order valence-electron chi connectivity index (χ1n) is 6.46. The van der Waals surface area contributed by atoms with Crippen LogP contribution in [0.3, 0.4) is 0 Å². The van der Waals surface area contributed by atoms with Gasteiger partial charge in [-0.1, -0.05) is 18.5 Å². The molecule has 1 aliphatic rings. The lowest BCUT2D eigenvalue weighted by Crippen LogP contribution is -2.33. The summed E-state index contributed by atoms with van der Waals surface area (Å²) in [5, 5.41) is 3.58. The number of benzene rings is 1. The van der Waals surface area contributed by atoms with Crippen molar-refractivity contribution in [2.75, 3.05) is 13.2 Å². The molecule has 2 unspecified atom stereocenters. The van der Waals surface area contributed by atoms with Gasteiger partial charge in [0.15, 0.2) is 0 Å². The summed E-state index contributed by atoms with van der Waals surface area (Å²) in [4.78, 5) is 12.2. The second-order valence-corrected chi connectivity index (χ2v) is 6.30. The molecule has 2 atom stereocenters. The van der Waals surface area contributed by atoms with Crippen LogP contribution < -0.4 is 5.32 Å². The van der Waals surface area contributed by atoms with Gasteiger partial charge in [0.2, 0.25) is 0 Å². The second-order valence-electron chi connectivity index (χ2n) is 4.70. The monoisotopic (exact) mass is 393 g/mol. The zero-order chi connectivity index (χ0) is 13.8. The Labute approximate surface area is 132 Å². The maximum Gasteiger partial charge on any atom is 0.252 e. The third-order valence-electron chi connectivity index (χ3n) is 3.45. The van der Waals surface area contributed by atoms with Crippen LogP contribution in [0, 0.1) is 9.49 Å². The van der Waals surface area contributed by atoms with Crippen molar-refractivity contribution in [1.29, 1.82) is 0 Å². The van der Waals surface area contributed by atoms with Gasteiger partial charge in [-0.2, -0.15) is 0 Å². The van der Waals surface area contributed by atoms with Crippen LogP contribution >= 0.6 is 34.2 Å². The third kappa shape index (κ3) is 3.83. The number of halogens is 2. The van der Waals surface area contributed by atoms with Gasteiger partial charge in [-0.25, -0.2) is 0 Å². The maximum absolute atomic E-state index is 12.2. The SMILES string of the molecule is CCC1OCCC1CNC(=O)c1cc(Cl)ccc1I. The van der Waals surface area contributed by atoms with Gasteiger partial charge in [0.1, 0.15) is 0 Å². The van der Waals surface area contributed by atoms with Crippen LogP contribution in [-0.2, 0) is 4.74 Å². The van der Waals surface area contributed by atoms with E-state index in [1.54, 1.807) is 12.1 Å². The summed E-state index contributed by atoms with van der Waals surface area (Å²) in [5.74, 6) is 0.361. The summed E-state index contributed by atoms with van der Waals surface area (Å²) in [7, 11) is 0. The molecule has 1 aliphatic heterocycles. The lowest BCUT2D eigenvalue weighted by molar-refractivity contribution is 0.0826. The van der Waals surface area contributed by atoms with Crippen LogP contribution in [-0.4, -0.2) is 25.2 Å². The van der Waals surface area contributed by atoms with Crippen molar-refractivity contribution < 1.29 is 9.53 Å². The van der Waals surface area contributed by atoms with Crippen molar-refractivity contribution in [2.45, 2.75) is 25.9 Å². The smallest absolute Gasteiger partial charge is 0.252 e. The fourth-order valence-electron chi connectivity index (χ4n) is 2.37. The first-order valence-corrected chi connectivity index (χ1v) is 7.92. The molecule has 104 valence electrons. The van der Waals surface area contributed by atoms with E-state index in [9.17, 15) is 4.79 Å². The number of rotatable bonds is 4. The molecule has 0 spiro atoms. The Kier molecular flexibility index (Phi) is 5.47. The van der Waals surface area contributed by atoms with Crippen molar-refractivity contribution in [1.82, 2.24) is 5.32 Å². The number of hydrogen-bond acceptors (Lipinski definition) is 2. The number of carbonyl (C=O) groups excluding carboxylic acids is 1. The molecular weight excluding hydrogens is 377 g/mol. The van der Waals surface area contributed by atoms with E-state index in [1.165, 1.54) is 0 Å². The summed E-state index contributed by atoms with van der Waals surface area (Å²) in [6.07, 6.45) is 2.29. The molecule has 19 heavy (non-hydrogen) atoms. The zero-order valence-corrected chi connectivity index (χ0v) is 13.7. The molecule has 1 aromatic rings. The summed E-state index contributed by atoms with van der Waals surface area (Å²) in [6.45, 7) is 3.58. The van der Waals surface area contributed by atoms with Crippen molar-refractivity contribution >= 4 is 40.1 Å². The van der Waals surface area contributed by atoms with E-state index in [0.29, 0.717) is 23.0 Å². The first-order chi connectivity index (χ1) is 9.11. The molecule has 0 bridgehead atoms. The second kappa shape index (κ2) is 6.90. The van der Waals surface area contributed by atoms with E-state index in [0.717, 1.165) is 23.0 Å². The molecular formula is C14H17ClINO2. The molecule has 1 fully saturated rings. The largest absolute Gasteiger partial charge is 0.378 e. The molecule has 0 saturated carbocycles. The molecule has 0 radical (unpaired) electrons.